The number of para-hydroxylation sites is 1. The third-order valence-corrected chi connectivity index (χ3v) is 5.00. The first-order valence-corrected chi connectivity index (χ1v) is 8.08. The zero-order valence-electron chi connectivity index (χ0n) is 13.3. The van der Waals surface area contributed by atoms with E-state index in [0.29, 0.717) is 12.2 Å². The van der Waals surface area contributed by atoms with Crippen LogP contribution in [0, 0.1) is 5.41 Å². The van der Waals surface area contributed by atoms with Gasteiger partial charge in [-0.3, -0.25) is 14.6 Å². The summed E-state index contributed by atoms with van der Waals surface area (Å²) in [6.07, 6.45) is 2.09. The van der Waals surface area contributed by atoms with E-state index in [1.165, 1.54) is 0 Å². The predicted molar refractivity (Wildman–Crippen MR) is 85.5 cm³/mol. The molecule has 3 atom stereocenters. The fourth-order valence-electron chi connectivity index (χ4n) is 3.91. The molecule has 24 heavy (non-hydrogen) atoms. The van der Waals surface area contributed by atoms with Crippen LogP contribution in [-0.2, 0) is 14.3 Å². The first-order valence-electron chi connectivity index (χ1n) is 8.08. The van der Waals surface area contributed by atoms with Crippen LogP contribution >= 0.6 is 0 Å². The predicted octanol–water partition coefficient (Wildman–Crippen LogP) is 2.82. The van der Waals surface area contributed by atoms with Crippen LogP contribution in [0.1, 0.15) is 36.4 Å². The summed E-state index contributed by atoms with van der Waals surface area (Å²) in [7, 11) is 0. The molecular weight excluding hydrogens is 306 g/mol. The lowest BCUT2D eigenvalue weighted by molar-refractivity contribution is -0.180. The molecule has 1 fully saturated rings. The lowest BCUT2D eigenvalue weighted by atomic mass is 9.49. The number of carbonyl (C=O) groups excluding carboxylic acids is 2. The number of fused-ring (bicyclic) bond motifs is 3. The average Bonchev–Trinajstić information content (AvgIpc) is 2.56. The number of aromatic nitrogens is 1. The first kappa shape index (κ1) is 14.9. The molecule has 4 rings (SSSR count). The monoisotopic (exact) mass is 323 g/mol. The second-order valence-corrected chi connectivity index (χ2v) is 6.16. The van der Waals surface area contributed by atoms with Crippen LogP contribution in [0.25, 0.3) is 0 Å². The van der Waals surface area contributed by atoms with Gasteiger partial charge in [0, 0.05) is 29.3 Å². The molecule has 5 nitrogen and oxygen atoms in total. The summed E-state index contributed by atoms with van der Waals surface area (Å²) in [4.78, 5) is 29.7. The van der Waals surface area contributed by atoms with Gasteiger partial charge in [-0.15, -0.1) is 0 Å². The summed E-state index contributed by atoms with van der Waals surface area (Å²) in [5, 5.41) is 0. The molecule has 0 N–H and O–H groups in total. The van der Waals surface area contributed by atoms with Crippen LogP contribution in [0.15, 0.2) is 48.7 Å². The Morgan fingerprint density at radius 2 is 2.08 bits per heavy atom. The minimum Gasteiger partial charge on any atom is -0.465 e. The molecule has 1 aliphatic carbocycles. The third-order valence-electron chi connectivity index (χ3n) is 5.00. The van der Waals surface area contributed by atoms with Crippen molar-refractivity contribution in [3.8, 4) is 5.75 Å². The average molecular weight is 323 g/mol. The van der Waals surface area contributed by atoms with Gasteiger partial charge in [0.2, 0.25) is 0 Å². The van der Waals surface area contributed by atoms with Gasteiger partial charge in [-0.05, 0) is 31.5 Å². The molecule has 2 aromatic rings. The van der Waals surface area contributed by atoms with E-state index in [-0.39, 0.29) is 18.4 Å². The molecule has 1 aromatic carbocycles. The number of benzene rings is 1. The van der Waals surface area contributed by atoms with E-state index in [9.17, 15) is 9.59 Å². The zero-order chi connectivity index (χ0) is 16.7. The number of hydrogen-bond acceptors (Lipinski definition) is 5. The summed E-state index contributed by atoms with van der Waals surface area (Å²) >= 11 is 0. The van der Waals surface area contributed by atoms with Gasteiger partial charge in [-0.2, -0.15) is 0 Å². The molecular formula is C19H17NO4. The van der Waals surface area contributed by atoms with Crippen molar-refractivity contribution < 1.29 is 19.1 Å². The highest BCUT2D eigenvalue weighted by Crippen LogP contribution is 2.65. The van der Waals surface area contributed by atoms with Crippen LogP contribution in [0.5, 0.6) is 5.75 Å². The Labute approximate surface area is 139 Å². The summed E-state index contributed by atoms with van der Waals surface area (Å²) in [5.41, 5.74) is 0.492. The van der Waals surface area contributed by atoms with E-state index in [4.69, 9.17) is 9.47 Å². The standard InChI is InChI=1S/C19H17NO4/c1-2-23-17(21)19-11-13(14-8-5-6-10-20-14)16(19)12-7-3-4-9-15(12)24-18(19)22/h3-10,13,16H,2,11H2,1H3/t13-,16-,19+/m1/s1. The van der Waals surface area contributed by atoms with Crippen LogP contribution in [0.2, 0.25) is 0 Å². The van der Waals surface area contributed by atoms with Crippen molar-refractivity contribution in [2.45, 2.75) is 25.2 Å². The van der Waals surface area contributed by atoms with Crippen molar-refractivity contribution in [1.82, 2.24) is 4.98 Å². The molecule has 0 spiro atoms. The van der Waals surface area contributed by atoms with E-state index in [1.54, 1.807) is 19.2 Å². The quantitative estimate of drug-likeness (QED) is 0.494. The second-order valence-electron chi connectivity index (χ2n) is 6.16. The molecule has 5 heteroatoms. The van der Waals surface area contributed by atoms with Gasteiger partial charge in [-0.25, -0.2) is 0 Å². The highest BCUT2D eigenvalue weighted by Gasteiger charge is 2.69. The maximum absolute atomic E-state index is 12.7. The maximum atomic E-state index is 12.7. The van der Waals surface area contributed by atoms with Gasteiger partial charge < -0.3 is 9.47 Å². The van der Waals surface area contributed by atoms with E-state index >= 15 is 0 Å². The molecule has 1 aliphatic heterocycles. The van der Waals surface area contributed by atoms with Crippen molar-refractivity contribution in [2.24, 2.45) is 5.41 Å². The zero-order valence-corrected chi connectivity index (χ0v) is 13.3. The van der Waals surface area contributed by atoms with Gasteiger partial charge in [0.1, 0.15) is 5.75 Å². The number of ether oxygens (including phenoxy) is 2. The van der Waals surface area contributed by atoms with Gasteiger partial charge in [0.15, 0.2) is 5.41 Å². The van der Waals surface area contributed by atoms with Gasteiger partial charge in [0.05, 0.1) is 6.61 Å². The normalized spacial score (nSPS) is 27.3. The SMILES string of the molecule is CCOC(=O)[C@]12C[C@H](c3ccccn3)[C@H]1c1ccccc1OC2=O. The van der Waals surface area contributed by atoms with Gasteiger partial charge >= 0.3 is 11.9 Å². The van der Waals surface area contributed by atoms with Gasteiger partial charge in [-0.1, -0.05) is 24.3 Å². The number of esters is 2. The molecule has 0 saturated heterocycles. The van der Waals surface area contributed by atoms with Crippen LogP contribution in [-0.4, -0.2) is 23.5 Å². The highest BCUT2D eigenvalue weighted by molar-refractivity contribution is 6.05. The molecule has 0 radical (unpaired) electrons. The number of hydrogen-bond donors (Lipinski definition) is 0. The Bertz CT molecular complexity index is 804. The van der Waals surface area contributed by atoms with Crippen LogP contribution in [0.3, 0.4) is 0 Å². The molecule has 122 valence electrons. The Morgan fingerprint density at radius 3 is 2.83 bits per heavy atom. The van der Waals surface area contributed by atoms with E-state index < -0.39 is 17.4 Å². The van der Waals surface area contributed by atoms with Crippen molar-refractivity contribution in [2.75, 3.05) is 6.61 Å². The van der Waals surface area contributed by atoms with Crippen molar-refractivity contribution in [1.29, 1.82) is 0 Å². The Balaban J connectivity index is 1.83. The Hall–Kier alpha value is -2.69. The maximum Gasteiger partial charge on any atom is 0.329 e. The molecule has 1 aromatic heterocycles. The minimum absolute atomic E-state index is 0.00962. The van der Waals surface area contributed by atoms with E-state index in [2.05, 4.69) is 4.98 Å². The topological polar surface area (TPSA) is 65.5 Å². The highest BCUT2D eigenvalue weighted by atomic mass is 16.6. The summed E-state index contributed by atoms with van der Waals surface area (Å²) < 4.78 is 10.7. The summed E-state index contributed by atoms with van der Waals surface area (Å²) in [5.74, 6) is -0.805. The molecule has 0 bridgehead atoms. The van der Waals surface area contributed by atoms with Crippen molar-refractivity contribution in [3.63, 3.8) is 0 Å². The molecule has 0 amide bonds. The smallest absolute Gasteiger partial charge is 0.329 e. The summed E-state index contributed by atoms with van der Waals surface area (Å²) in [6, 6.07) is 13.1. The fraction of sp³-hybridized carbons (Fsp3) is 0.316. The van der Waals surface area contributed by atoms with E-state index in [1.807, 2.05) is 36.4 Å². The first-order chi connectivity index (χ1) is 11.7. The number of carbonyl (C=O) groups is 2. The number of nitrogens with zero attached hydrogens (tertiary/aromatic N) is 1. The van der Waals surface area contributed by atoms with Crippen molar-refractivity contribution in [3.05, 3.63) is 59.9 Å². The van der Waals surface area contributed by atoms with Crippen LogP contribution in [0.4, 0.5) is 0 Å². The number of rotatable bonds is 3. The largest absolute Gasteiger partial charge is 0.465 e. The fourth-order valence-corrected chi connectivity index (χ4v) is 3.91. The Kier molecular flexibility index (Phi) is 3.37. The molecule has 1 saturated carbocycles. The minimum atomic E-state index is -1.26. The molecule has 0 unspecified atom stereocenters. The Morgan fingerprint density at radius 1 is 1.29 bits per heavy atom. The lowest BCUT2D eigenvalue weighted by Crippen LogP contribution is -2.59. The summed E-state index contributed by atoms with van der Waals surface area (Å²) in [6.45, 7) is 1.97. The molecule has 2 heterocycles. The van der Waals surface area contributed by atoms with Crippen LogP contribution < -0.4 is 4.74 Å². The van der Waals surface area contributed by atoms with Gasteiger partial charge in [0.25, 0.3) is 0 Å². The lowest BCUT2D eigenvalue weighted by Gasteiger charge is -2.53. The van der Waals surface area contributed by atoms with E-state index in [0.717, 1.165) is 11.3 Å². The second kappa shape index (κ2) is 5.44. The number of pyridine rings is 1. The molecule has 2 aliphatic rings. The third kappa shape index (κ3) is 1.90. The van der Waals surface area contributed by atoms with Crippen molar-refractivity contribution >= 4 is 11.9 Å².